The van der Waals surface area contributed by atoms with Gasteiger partial charge in [-0.15, -0.1) is 0 Å². The summed E-state index contributed by atoms with van der Waals surface area (Å²) in [4.78, 5) is 14.2. The fourth-order valence-electron chi connectivity index (χ4n) is 6.04. The number of hydrogen-bond donors (Lipinski definition) is 1. The molecule has 0 bridgehead atoms. The van der Waals surface area contributed by atoms with Crippen molar-refractivity contribution in [1.29, 1.82) is 0 Å². The molecule has 7 heteroatoms. The summed E-state index contributed by atoms with van der Waals surface area (Å²) in [6.07, 6.45) is 8.59. The number of fused-ring (bicyclic) bond motifs is 1. The SMILES string of the molecule is CC1CN(C2CCC(n3cc(-c4ccc(Oc5ccccc5)cc4)c4c(N)ncnc43)CC2)CCN1C. The van der Waals surface area contributed by atoms with Gasteiger partial charge in [0.1, 0.15) is 29.3 Å². The van der Waals surface area contributed by atoms with Crippen LogP contribution in [0.2, 0.25) is 0 Å². The molecule has 2 N–H and O–H groups in total. The maximum atomic E-state index is 6.41. The summed E-state index contributed by atoms with van der Waals surface area (Å²) in [6, 6.07) is 19.8. The summed E-state index contributed by atoms with van der Waals surface area (Å²) in [7, 11) is 2.24. The number of rotatable bonds is 5. The third kappa shape index (κ3) is 4.81. The van der Waals surface area contributed by atoms with Crippen molar-refractivity contribution in [2.45, 2.75) is 50.7 Å². The summed E-state index contributed by atoms with van der Waals surface area (Å²) >= 11 is 0. The van der Waals surface area contributed by atoms with Gasteiger partial charge in [-0.1, -0.05) is 30.3 Å². The summed E-state index contributed by atoms with van der Waals surface area (Å²) in [5, 5.41) is 0.939. The molecule has 2 aromatic carbocycles. The van der Waals surface area contributed by atoms with Gasteiger partial charge in [0, 0.05) is 49.5 Å². The molecule has 0 spiro atoms. The second-order valence-electron chi connectivity index (χ2n) is 10.6. The summed E-state index contributed by atoms with van der Waals surface area (Å²) < 4.78 is 8.35. The number of para-hydroxylation sites is 1. The summed E-state index contributed by atoms with van der Waals surface area (Å²) in [5.41, 5.74) is 9.51. The van der Waals surface area contributed by atoms with Crippen molar-refractivity contribution >= 4 is 16.9 Å². The molecule has 4 aromatic rings. The van der Waals surface area contributed by atoms with Crippen LogP contribution in [0.3, 0.4) is 0 Å². The lowest BCUT2D eigenvalue weighted by Gasteiger charge is -2.44. The molecule has 1 saturated heterocycles. The van der Waals surface area contributed by atoms with Crippen LogP contribution in [-0.4, -0.2) is 63.1 Å². The van der Waals surface area contributed by atoms with Crippen molar-refractivity contribution in [2.75, 3.05) is 32.4 Å². The standard InChI is InChI=1S/C30H36N6O/c1-21-18-35(17-16-34(21)2)23-10-12-24(13-11-23)36-19-27(28-29(31)32-20-33-30(28)36)22-8-14-26(15-9-22)37-25-6-4-3-5-7-25/h3-9,14-15,19-21,23-24H,10-13,16-18H2,1-2H3,(H2,31,32,33). The topological polar surface area (TPSA) is 72.4 Å². The Bertz CT molecular complexity index is 1340. The van der Waals surface area contributed by atoms with E-state index in [0.717, 1.165) is 53.0 Å². The van der Waals surface area contributed by atoms with Gasteiger partial charge in [-0.05, 0) is 69.5 Å². The van der Waals surface area contributed by atoms with Gasteiger partial charge in [-0.3, -0.25) is 4.90 Å². The van der Waals surface area contributed by atoms with Gasteiger partial charge in [0.05, 0.1) is 5.39 Å². The first-order valence-corrected chi connectivity index (χ1v) is 13.5. The number of nitrogen functional groups attached to an aromatic ring is 1. The van der Waals surface area contributed by atoms with E-state index >= 15 is 0 Å². The van der Waals surface area contributed by atoms with Crippen molar-refractivity contribution in [2.24, 2.45) is 0 Å². The molecular formula is C30H36N6O. The van der Waals surface area contributed by atoms with Crippen molar-refractivity contribution in [1.82, 2.24) is 24.3 Å². The van der Waals surface area contributed by atoms with Crippen molar-refractivity contribution < 1.29 is 4.74 Å². The van der Waals surface area contributed by atoms with Crippen molar-refractivity contribution in [3.8, 4) is 22.6 Å². The maximum Gasteiger partial charge on any atom is 0.146 e. The molecule has 7 nitrogen and oxygen atoms in total. The molecule has 2 fully saturated rings. The van der Waals surface area contributed by atoms with E-state index in [9.17, 15) is 0 Å². The number of nitrogens with zero attached hydrogens (tertiary/aromatic N) is 5. The van der Waals surface area contributed by atoms with Gasteiger partial charge in [0.25, 0.3) is 0 Å². The maximum absolute atomic E-state index is 6.41. The Hall–Kier alpha value is -3.42. The summed E-state index contributed by atoms with van der Waals surface area (Å²) in [6.45, 7) is 5.87. The molecule has 1 saturated carbocycles. The molecule has 2 aliphatic rings. The number of anilines is 1. The average Bonchev–Trinajstić information content (AvgIpc) is 3.32. The van der Waals surface area contributed by atoms with Gasteiger partial charge >= 0.3 is 0 Å². The molecule has 2 aromatic heterocycles. The van der Waals surface area contributed by atoms with Crippen molar-refractivity contribution in [3.05, 3.63) is 67.1 Å². The third-order valence-electron chi connectivity index (χ3n) is 8.35. The summed E-state index contributed by atoms with van der Waals surface area (Å²) in [5.74, 6) is 2.16. The normalized spacial score (nSPS) is 23.4. The highest BCUT2D eigenvalue weighted by molar-refractivity contribution is 6.00. The molecule has 1 atom stereocenters. The molecule has 1 aliphatic heterocycles. The van der Waals surface area contributed by atoms with E-state index in [2.05, 4.69) is 51.7 Å². The highest BCUT2D eigenvalue weighted by Crippen LogP contribution is 2.39. The monoisotopic (exact) mass is 496 g/mol. The van der Waals surface area contributed by atoms with E-state index < -0.39 is 0 Å². The zero-order valence-corrected chi connectivity index (χ0v) is 21.8. The van der Waals surface area contributed by atoms with Crippen LogP contribution >= 0.6 is 0 Å². The lowest BCUT2D eigenvalue weighted by atomic mass is 9.89. The molecule has 192 valence electrons. The van der Waals surface area contributed by atoms with Crippen LogP contribution < -0.4 is 10.5 Å². The molecule has 1 aliphatic carbocycles. The van der Waals surface area contributed by atoms with E-state index in [-0.39, 0.29) is 0 Å². The number of likely N-dealkylation sites (N-methyl/N-ethyl adjacent to an activating group) is 1. The number of piperazine rings is 1. The van der Waals surface area contributed by atoms with Crippen LogP contribution in [0.4, 0.5) is 5.82 Å². The molecule has 6 rings (SSSR count). The second kappa shape index (κ2) is 10.1. The van der Waals surface area contributed by atoms with E-state index in [4.69, 9.17) is 15.5 Å². The Kier molecular flexibility index (Phi) is 6.57. The van der Waals surface area contributed by atoms with E-state index in [1.54, 1.807) is 6.33 Å². The van der Waals surface area contributed by atoms with Crippen molar-refractivity contribution in [3.63, 3.8) is 0 Å². The predicted octanol–water partition coefficient (Wildman–Crippen LogP) is 5.59. The Balaban J connectivity index is 1.23. The Morgan fingerprint density at radius 3 is 2.30 bits per heavy atom. The van der Waals surface area contributed by atoms with E-state index in [0.29, 0.717) is 23.9 Å². The fourth-order valence-corrected chi connectivity index (χ4v) is 6.04. The Labute approximate surface area is 218 Å². The highest BCUT2D eigenvalue weighted by Gasteiger charge is 2.31. The number of nitrogens with two attached hydrogens (primary N) is 1. The smallest absolute Gasteiger partial charge is 0.146 e. The largest absolute Gasteiger partial charge is 0.457 e. The van der Waals surface area contributed by atoms with Gasteiger partial charge in [-0.25, -0.2) is 9.97 Å². The number of benzene rings is 2. The molecule has 0 radical (unpaired) electrons. The van der Waals surface area contributed by atoms with Gasteiger partial charge < -0.3 is 19.9 Å². The van der Waals surface area contributed by atoms with Gasteiger partial charge in [0.2, 0.25) is 0 Å². The number of hydrogen-bond acceptors (Lipinski definition) is 6. The quantitative estimate of drug-likeness (QED) is 0.388. The Morgan fingerprint density at radius 1 is 0.865 bits per heavy atom. The van der Waals surface area contributed by atoms with Crippen LogP contribution in [0.5, 0.6) is 11.5 Å². The van der Waals surface area contributed by atoms with Crippen LogP contribution in [0, 0.1) is 0 Å². The van der Waals surface area contributed by atoms with Gasteiger partial charge in [-0.2, -0.15) is 0 Å². The van der Waals surface area contributed by atoms with Crippen LogP contribution in [-0.2, 0) is 0 Å². The van der Waals surface area contributed by atoms with Gasteiger partial charge in [0.15, 0.2) is 0 Å². The molecule has 3 heterocycles. The molecule has 1 unspecified atom stereocenters. The minimum atomic E-state index is 0.423. The third-order valence-corrected chi connectivity index (χ3v) is 8.35. The molecule has 0 amide bonds. The fraction of sp³-hybridized carbons (Fsp3) is 0.400. The predicted molar refractivity (Wildman–Crippen MR) is 149 cm³/mol. The van der Waals surface area contributed by atoms with E-state index in [1.165, 1.54) is 25.9 Å². The first-order valence-electron chi connectivity index (χ1n) is 13.5. The molecular weight excluding hydrogens is 460 g/mol. The van der Waals surface area contributed by atoms with E-state index in [1.807, 2.05) is 42.5 Å². The van der Waals surface area contributed by atoms with Crippen LogP contribution in [0.1, 0.15) is 38.6 Å². The van der Waals surface area contributed by atoms with Crippen LogP contribution in [0.25, 0.3) is 22.2 Å². The highest BCUT2D eigenvalue weighted by atomic mass is 16.5. The zero-order chi connectivity index (χ0) is 25.4. The molecule has 37 heavy (non-hydrogen) atoms. The second-order valence-corrected chi connectivity index (χ2v) is 10.6. The lowest BCUT2D eigenvalue weighted by molar-refractivity contribution is 0.0519. The average molecular weight is 497 g/mol. The minimum Gasteiger partial charge on any atom is -0.457 e. The number of ether oxygens (including phenoxy) is 1. The van der Waals surface area contributed by atoms with Crippen LogP contribution in [0.15, 0.2) is 67.1 Å². The minimum absolute atomic E-state index is 0.423. The first kappa shape index (κ1) is 23.9. The first-order chi connectivity index (χ1) is 18.1. The lowest BCUT2D eigenvalue weighted by Crippen LogP contribution is -2.54. The Morgan fingerprint density at radius 2 is 1.57 bits per heavy atom. The number of aromatic nitrogens is 3. The zero-order valence-electron chi connectivity index (χ0n) is 21.8.